The number of aromatic nitrogens is 1. The van der Waals surface area contributed by atoms with E-state index in [4.69, 9.17) is 5.21 Å². The lowest BCUT2D eigenvalue weighted by Crippen LogP contribution is -2.99. The molecule has 2 rings (SSSR count). The molecule has 114 valence electrons. The van der Waals surface area contributed by atoms with Gasteiger partial charge >= 0.3 is 0 Å². The number of nitrogens with one attached hydrogen (secondary N) is 2. The number of thiazole rings is 1. The van der Waals surface area contributed by atoms with E-state index in [1.807, 2.05) is 0 Å². The van der Waals surface area contributed by atoms with Gasteiger partial charge < -0.3 is 5.21 Å². The van der Waals surface area contributed by atoms with Crippen molar-refractivity contribution in [3.05, 3.63) is 46.6 Å². The van der Waals surface area contributed by atoms with Gasteiger partial charge in [-0.15, -0.1) is 11.3 Å². The molecule has 1 aromatic carbocycles. The Hall–Kier alpha value is -2.46. The molecule has 0 aliphatic rings. The van der Waals surface area contributed by atoms with E-state index in [2.05, 4.69) is 10.3 Å². The van der Waals surface area contributed by atoms with Crippen LogP contribution in [-0.4, -0.2) is 27.7 Å². The zero-order valence-corrected chi connectivity index (χ0v) is 11.9. The number of nitrogens with zero attached hydrogens (tertiary/aromatic N) is 1. The van der Waals surface area contributed by atoms with Gasteiger partial charge in [0.05, 0.1) is 6.42 Å². The van der Waals surface area contributed by atoms with Gasteiger partial charge in [-0.05, 0) is 12.1 Å². The van der Waals surface area contributed by atoms with E-state index in [1.165, 1.54) is 30.5 Å². The number of Topliss-reactive ketones (excluding diaryl/α,β-unsaturated/α-hetero) is 2. The van der Waals surface area contributed by atoms with Crippen LogP contribution in [0, 0.1) is 5.21 Å². The van der Waals surface area contributed by atoms with Crippen molar-refractivity contribution < 1.29 is 24.8 Å². The number of ketones is 2. The van der Waals surface area contributed by atoms with Gasteiger partial charge in [-0.1, -0.05) is 0 Å². The maximum Gasteiger partial charge on any atom is 0.294 e. The SMILES string of the molecule is O=C(CC(=O)c1ccc([NH+]([O-])O)cc1)C(=O)Nc1nccs1. The first-order valence-electron chi connectivity index (χ1n) is 6.07. The predicted octanol–water partition coefficient (Wildman–Crippen LogP) is 0.327. The highest BCUT2D eigenvalue weighted by atomic mass is 32.1. The summed E-state index contributed by atoms with van der Waals surface area (Å²) in [5, 5.41) is 22.5. The third-order valence-electron chi connectivity index (χ3n) is 2.68. The fourth-order valence-corrected chi connectivity index (χ4v) is 2.10. The molecule has 1 unspecified atom stereocenters. The highest BCUT2D eigenvalue weighted by Gasteiger charge is 2.20. The first-order chi connectivity index (χ1) is 10.5. The first-order valence-corrected chi connectivity index (χ1v) is 6.95. The molecule has 1 aromatic heterocycles. The number of carbonyl (C=O) groups is 3. The third-order valence-corrected chi connectivity index (χ3v) is 3.37. The van der Waals surface area contributed by atoms with Crippen LogP contribution in [0.3, 0.4) is 0 Å². The average molecular weight is 321 g/mol. The summed E-state index contributed by atoms with van der Waals surface area (Å²) < 4.78 is 0. The molecule has 0 aliphatic heterocycles. The Morgan fingerprint density at radius 3 is 2.50 bits per heavy atom. The Morgan fingerprint density at radius 2 is 1.95 bits per heavy atom. The van der Waals surface area contributed by atoms with E-state index in [1.54, 1.807) is 5.38 Å². The van der Waals surface area contributed by atoms with E-state index in [0.717, 1.165) is 11.3 Å². The molecule has 0 bridgehead atoms. The zero-order chi connectivity index (χ0) is 16.1. The molecule has 0 spiro atoms. The Morgan fingerprint density at radius 1 is 1.27 bits per heavy atom. The van der Waals surface area contributed by atoms with Gasteiger partial charge in [-0.2, -0.15) is 5.23 Å². The molecule has 2 aromatic rings. The minimum absolute atomic E-state index is 0.0318. The number of hydrogen-bond acceptors (Lipinski definition) is 7. The van der Waals surface area contributed by atoms with E-state index in [-0.39, 0.29) is 16.4 Å². The molecule has 0 saturated carbocycles. The van der Waals surface area contributed by atoms with Crippen LogP contribution in [0.5, 0.6) is 0 Å². The summed E-state index contributed by atoms with van der Waals surface area (Å²) in [5.74, 6) is -2.36. The Balaban J connectivity index is 1.95. The maximum absolute atomic E-state index is 11.9. The van der Waals surface area contributed by atoms with Crippen LogP contribution in [0.25, 0.3) is 0 Å². The average Bonchev–Trinajstić information content (AvgIpc) is 3.00. The summed E-state index contributed by atoms with van der Waals surface area (Å²) in [5.41, 5.74) is 0.199. The smallest absolute Gasteiger partial charge is 0.294 e. The summed E-state index contributed by atoms with van der Waals surface area (Å²) in [6.07, 6.45) is 0.879. The number of benzene rings is 1. The molecule has 1 heterocycles. The lowest BCUT2D eigenvalue weighted by atomic mass is 10.1. The normalized spacial score (nSPS) is 11.7. The van der Waals surface area contributed by atoms with Gasteiger partial charge in [0.15, 0.2) is 16.6 Å². The van der Waals surface area contributed by atoms with Crippen molar-refractivity contribution in [3.8, 4) is 0 Å². The number of rotatable bonds is 6. The van der Waals surface area contributed by atoms with Crippen molar-refractivity contribution in [3.63, 3.8) is 0 Å². The highest BCUT2D eigenvalue weighted by molar-refractivity contribution is 7.13. The fraction of sp³-hybridized carbons (Fsp3) is 0.0769. The molecule has 0 aliphatic carbocycles. The van der Waals surface area contributed by atoms with Crippen molar-refractivity contribution in [1.82, 2.24) is 4.98 Å². The maximum atomic E-state index is 11.9. The van der Waals surface area contributed by atoms with Gasteiger partial charge in [-0.3, -0.25) is 19.7 Å². The summed E-state index contributed by atoms with van der Waals surface area (Å²) >= 11 is 1.15. The van der Waals surface area contributed by atoms with Crippen molar-refractivity contribution in [2.75, 3.05) is 5.32 Å². The minimum Gasteiger partial charge on any atom is -0.595 e. The predicted molar refractivity (Wildman–Crippen MR) is 76.9 cm³/mol. The van der Waals surface area contributed by atoms with Gasteiger partial charge in [0.2, 0.25) is 5.78 Å². The van der Waals surface area contributed by atoms with Crippen LogP contribution in [0.4, 0.5) is 10.8 Å². The molecule has 0 fully saturated rings. The molecular weight excluding hydrogens is 310 g/mol. The Kier molecular flexibility index (Phi) is 5.07. The molecule has 1 atom stereocenters. The second-order valence-electron chi connectivity index (χ2n) is 4.20. The molecule has 0 saturated heterocycles. The van der Waals surface area contributed by atoms with Crippen LogP contribution in [0.2, 0.25) is 0 Å². The van der Waals surface area contributed by atoms with Crippen LogP contribution in [0.1, 0.15) is 16.8 Å². The van der Waals surface area contributed by atoms with Crippen LogP contribution < -0.4 is 10.5 Å². The zero-order valence-electron chi connectivity index (χ0n) is 11.1. The number of amides is 1. The quantitative estimate of drug-likeness (QED) is 0.305. The van der Waals surface area contributed by atoms with Crippen molar-refractivity contribution in [2.45, 2.75) is 6.42 Å². The fourth-order valence-electron chi connectivity index (χ4n) is 1.58. The highest BCUT2D eigenvalue weighted by Crippen LogP contribution is 2.11. The molecule has 3 N–H and O–H groups in total. The Bertz CT molecular complexity index is 682. The summed E-state index contributed by atoms with van der Waals surface area (Å²) in [4.78, 5) is 39.0. The standard InChI is InChI=1S/C13H11N3O5S/c17-10(8-1-3-9(4-2-8)16(20)21)7-11(18)12(19)15-13-14-5-6-22-13/h1-6,16,20H,7H2,(H,14,15,19). The molecule has 9 heteroatoms. The molecule has 0 radical (unpaired) electrons. The van der Waals surface area contributed by atoms with Gasteiger partial charge in [-0.25, -0.2) is 10.2 Å². The van der Waals surface area contributed by atoms with Crippen molar-refractivity contribution in [2.24, 2.45) is 0 Å². The summed E-state index contributed by atoms with van der Waals surface area (Å²) in [7, 11) is 0. The van der Waals surface area contributed by atoms with Crippen LogP contribution in [-0.2, 0) is 9.59 Å². The van der Waals surface area contributed by atoms with E-state index in [9.17, 15) is 19.6 Å². The second kappa shape index (κ2) is 7.00. The molecule has 1 amide bonds. The lowest BCUT2D eigenvalue weighted by Gasteiger charge is -2.11. The van der Waals surface area contributed by atoms with Crippen LogP contribution in [0.15, 0.2) is 35.8 Å². The topological polar surface area (TPSA) is 124 Å². The van der Waals surface area contributed by atoms with E-state index >= 15 is 0 Å². The number of anilines is 1. The molecule has 22 heavy (non-hydrogen) atoms. The van der Waals surface area contributed by atoms with E-state index in [0.29, 0.717) is 0 Å². The number of carbonyl (C=O) groups excluding carboxylic acids is 3. The van der Waals surface area contributed by atoms with Gasteiger partial charge in [0.25, 0.3) is 5.91 Å². The first kappa shape index (κ1) is 15.9. The second-order valence-corrected chi connectivity index (χ2v) is 5.09. The van der Waals surface area contributed by atoms with E-state index < -0.39 is 29.1 Å². The molecular formula is C13H11N3O5S. The largest absolute Gasteiger partial charge is 0.595 e. The number of hydrogen-bond donors (Lipinski definition) is 3. The van der Waals surface area contributed by atoms with Crippen LogP contribution >= 0.6 is 11.3 Å². The molecule has 8 nitrogen and oxygen atoms in total. The lowest BCUT2D eigenvalue weighted by molar-refractivity contribution is -0.991. The van der Waals surface area contributed by atoms with Gasteiger partial charge in [0, 0.05) is 29.3 Å². The summed E-state index contributed by atoms with van der Waals surface area (Å²) in [6, 6.07) is 5.13. The third kappa shape index (κ3) is 4.02. The minimum atomic E-state index is -1.11. The van der Waals surface area contributed by atoms with Crippen molar-refractivity contribution in [1.29, 1.82) is 0 Å². The Labute approximate surface area is 128 Å². The summed E-state index contributed by atoms with van der Waals surface area (Å²) in [6.45, 7) is 0. The monoisotopic (exact) mass is 321 g/mol. The van der Waals surface area contributed by atoms with Gasteiger partial charge in [0.1, 0.15) is 0 Å². The number of quaternary nitrogens is 1. The van der Waals surface area contributed by atoms with Crippen molar-refractivity contribution >= 4 is 39.6 Å².